The Labute approximate surface area is 205 Å². The number of pyridine rings is 1. The second-order valence-electron chi connectivity index (χ2n) is 8.91. The summed E-state index contributed by atoms with van der Waals surface area (Å²) in [6, 6.07) is 5.07. The van der Waals surface area contributed by atoms with Gasteiger partial charge in [-0.05, 0) is 31.9 Å². The molecule has 4 rings (SSSR count). The van der Waals surface area contributed by atoms with Crippen molar-refractivity contribution in [1.82, 2.24) is 20.1 Å². The van der Waals surface area contributed by atoms with Crippen molar-refractivity contribution in [3.05, 3.63) is 46.0 Å². The van der Waals surface area contributed by atoms with Crippen LogP contribution in [0, 0.1) is 11.3 Å². The molecule has 36 heavy (non-hydrogen) atoms. The fourth-order valence-corrected chi connectivity index (χ4v) is 4.59. The number of nitrogens with one attached hydrogen (secondary N) is 2. The molecule has 2 N–H and O–H groups in total. The predicted octanol–water partition coefficient (Wildman–Crippen LogP) is 2.14. The van der Waals surface area contributed by atoms with Gasteiger partial charge >= 0.3 is 6.18 Å². The highest BCUT2D eigenvalue weighted by Gasteiger charge is 2.39. The van der Waals surface area contributed by atoms with Crippen LogP contribution >= 0.6 is 0 Å². The van der Waals surface area contributed by atoms with E-state index in [4.69, 9.17) is 10.00 Å². The maximum absolute atomic E-state index is 13.2. The highest BCUT2D eigenvalue weighted by atomic mass is 19.4. The summed E-state index contributed by atoms with van der Waals surface area (Å²) in [6.07, 6.45) is -1.01. The van der Waals surface area contributed by atoms with Gasteiger partial charge in [-0.3, -0.25) is 9.59 Å². The van der Waals surface area contributed by atoms with E-state index in [-0.39, 0.29) is 18.6 Å². The number of aromatic nitrogens is 3. The van der Waals surface area contributed by atoms with Crippen molar-refractivity contribution in [2.24, 2.45) is 0 Å². The molecule has 0 aromatic carbocycles. The van der Waals surface area contributed by atoms with Crippen LogP contribution in [0.3, 0.4) is 0 Å². The lowest BCUT2D eigenvalue weighted by Crippen LogP contribution is -2.47. The fourth-order valence-electron chi connectivity index (χ4n) is 4.59. The Balaban J connectivity index is 1.27. The van der Waals surface area contributed by atoms with E-state index in [9.17, 15) is 22.8 Å². The number of amides is 1. The zero-order chi connectivity index (χ0) is 25.9. The van der Waals surface area contributed by atoms with Crippen molar-refractivity contribution >= 4 is 17.4 Å². The molecule has 4 heterocycles. The monoisotopic (exact) mass is 505 g/mol. The first-order valence-electron chi connectivity index (χ1n) is 11.6. The lowest BCUT2D eigenvalue weighted by atomic mass is 10.0. The van der Waals surface area contributed by atoms with E-state index in [1.54, 1.807) is 24.3 Å². The first-order chi connectivity index (χ1) is 17.2. The smallest absolute Gasteiger partial charge is 0.378 e. The molecule has 13 heteroatoms. The van der Waals surface area contributed by atoms with Gasteiger partial charge in [0.2, 0.25) is 0 Å². The number of rotatable bonds is 7. The molecule has 10 nitrogen and oxygen atoms in total. The second kappa shape index (κ2) is 10.5. The standard InChI is InChI=1S/C23H26F3N7O3/c1-14(30-17-12-29-31-21(34)20(17)23(24,25)26)13-36-18-6-9-33(22(18)35)16-4-7-32(8-5-16)19-3-2-15(10-27)11-28-19/h2-3,11-12,14,16,18H,4-9,13H2,1H3,(H2,30,31,34)/t14?,18-/m1/s1. The average Bonchev–Trinajstić information content (AvgIpc) is 3.22. The molecule has 2 aromatic heterocycles. The quantitative estimate of drug-likeness (QED) is 0.586. The van der Waals surface area contributed by atoms with Crippen LogP contribution in [0.5, 0.6) is 0 Å². The van der Waals surface area contributed by atoms with Gasteiger partial charge in [-0.1, -0.05) is 0 Å². The Morgan fingerprint density at radius 1 is 1.22 bits per heavy atom. The largest absolute Gasteiger partial charge is 0.423 e. The molecule has 0 radical (unpaired) electrons. The zero-order valence-electron chi connectivity index (χ0n) is 19.6. The molecular weight excluding hydrogens is 479 g/mol. The maximum atomic E-state index is 13.2. The third-order valence-electron chi connectivity index (χ3n) is 6.39. The summed E-state index contributed by atoms with van der Waals surface area (Å²) in [5, 5.41) is 16.8. The summed E-state index contributed by atoms with van der Waals surface area (Å²) in [4.78, 5) is 32.8. The molecule has 1 unspecified atom stereocenters. The van der Waals surface area contributed by atoms with E-state index < -0.39 is 35.1 Å². The summed E-state index contributed by atoms with van der Waals surface area (Å²) in [5.41, 5.74) is -2.62. The summed E-state index contributed by atoms with van der Waals surface area (Å²) < 4.78 is 45.4. The Kier molecular flexibility index (Phi) is 7.44. The molecule has 0 spiro atoms. The number of carbonyl (C=O) groups excluding carboxylic acids is 1. The van der Waals surface area contributed by atoms with Crippen molar-refractivity contribution < 1.29 is 22.7 Å². The minimum atomic E-state index is -4.84. The van der Waals surface area contributed by atoms with E-state index in [0.717, 1.165) is 37.9 Å². The lowest BCUT2D eigenvalue weighted by molar-refractivity contribution is -0.139. The number of nitriles is 1. The number of H-pyrrole nitrogens is 1. The molecule has 2 aromatic rings. The number of piperidine rings is 1. The minimum absolute atomic E-state index is 0.0167. The minimum Gasteiger partial charge on any atom is -0.378 e. The first-order valence-corrected chi connectivity index (χ1v) is 11.6. The lowest BCUT2D eigenvalue weighted by Gasteiger charge is -2.37. The van der Waals surface area contributed by atoms with Crippen LogP contribution in [0.2, 0.25) is 0 Å². The molecule has 0 bridgehead atoms. The molecule has 2 atom stereocenters. The van der Waals surface area contributed by atoms with Crippen LogP contribution < -0.4 is 15.8 Å². The van der Waals surface area contributed by atoms with Crippen LogP contribution in [0.4, 0.5) is 24.7 Å². The third-order valence-corrected chi connectivity index (χ3v) is 6.39. The summed E-state index contributed by atoms with van der Waals surface area (Å²) >= 11 is 0. The van der Waals surface area contributed by atoms with Crippen molar-refractivity contribution in [2.45, 2.75) is 50.6 Å². The predicted molar refractivity (Wildman–Crippen MR) is 123 cm³/mol. The van der Waals surface area contributed by atoms with Crippen LogP contribution in [0.15, 0.2) is 29.3 Å². The number of aromatic amines is 1. The number of anilines is 2. The van der Waals surface area contributed by atoms with Crippen molar-refractivity contribution in [3.8, 4) is 6.07 Å². The molecular formula is C23H26F3N7O3. The topological polar surface area (TPSA) is 127 Å². The van der Waals surface area contributed by atoms with Gasteiger partial charge in [0.1, 0.15) is 23.6 Å². The first kappa shape index (κ1) is 25.4. The fraction of sp³-hybridized carbons (Fsp3) is 0.522. The van der Waals surface area contributed by atoms with Crippen LogP contribution in [0.1, 0.15) is 37.3 Å². The second-order valence-corrected chi connectivity index (χ2v) is 8.91. The SMILES string of the molecule is CC(CO[C@@H]1CCN(C2CCN(c3ccc(C#N)cn3)CC2)C1=O)Nc1cn[nH]c(=O)c1C(F)(F)F. The van der Waals surface area contributed by atoms with Gasteiger partial charge in [0.25, 0.3) is 11.5 Å². The van der Waals surface area contributed by atoms with Crippen LogP contribution in [-0.2, 0) is 15.7 Å². The van der Waals surface area contributed by atoms with Gasteiger partial charge < -0.3 is 19.9 Å². The molecule has 2 saturated heterocycles. The number of ether oxygens (including phenoxy) is 1. The average molecular weight is 506 g/mol. The number of halogens is 3. The Bertz CT molecular complexity index is 1170. The number of hydrogen-bond donors (Lipinski definition) is 2. The van der Waals surface area contributed by atoms with Crippen molar-refractivity contribution in [1.29, 1.82) is 5.26 Å². The van der Waals surface area contributed by atoms with E-state index in [1.165, 1.54) is 0 Å². The van der Waals surface area contributed by atoms with Crippen LogP contribution in [-0.4, -0.2) is 70.4 Å². The third kappa shape index (κ3) is 5.59. The van der Waals surface area contributed by atoms with Gasteiger partial charge in [0.05, 0.1) is 24.1 Å². The number of nitrogens with zero attached hydrogens (tertiary/aromatic N) is 5. The molecule has 192 valence electrons. The Hall–Kier alpha value is -3.66. The Morgan fingerprint density at radius 2 is 1.97 bits per heavy atom. The number of carbonyl (C=O) groups is 1. The van der Waals surface area contributed by atoms with Gasteiger partial charge in [0, 0.05) is 44.3 Å². The number of likely N-dealkylation sites (tertiary alicyclic amines) is 1. The van der Waals surface area contributed by atoms with Crippen molar-refractivity contribution in [2.75, 3.05) is 36.5 Å². The van der Waals surface area contributed by atoms with E-state index in [2.05, 4.69) is 20.3 Å². The normalized spacial score (nSPS) is 19.9. The molecule has 2 aliphatic heterocycles. The summed E-state index contributed by atoms with van der Waals surface area (Å²) in [5.74, 6) is 0.679. The molecule has 2 fully saturated rings. The van der Waals surface area contributed by atoms with E-state index in [0.29, 0.717) is 18.5 Å². The Morgan fingerprint density at radius 3 is 2.61 bits per heavy atom. The van der Waals surface area contributed by atoms with E-state index >= 15 is 0 Å². The van der Waals surface area contributed by atoms with Gasteiger partial charge in [-0.2, -0.15) is 23.5 Å². The molecule has 0 saturated carbocycles. The van der Waals surface area contributed by atoms with Crippen molar-refractivity contribution in [3.63, 3.8) is 0 Å². The number of hydrogen-bond acceptors (Lipinski definition) is 8. The van der Waals surface area contributed by atoms with Gasteiger partial charge in [-0.25, -0.2) is 10.1 Å². The highest BCUT2D eigenvalue weighted by Crippen LogP contribution is 2.32. The number of alkyl halides is 3. The molecule has 1 amide bonds. The zero-order valence-corrected chi connectivity index (χ0v) is 19.6. The summed E-state index contributed by atoms with van der Waals surface area (Å²) in [7, 11) is 0. The van der Waals surface area contributed by atoms with E-state index in [1.807, 2.05) is 17.0 Å². The van der Waals surface area contributed by atoms with Gasteiger partial charge in [0.15, 0.2) is 0 Å². The van der Waals surface area contributed by atoms with Gasteiger partial charge in [-0.15, -0.1) is 0 Å². The molecule has 2 aliphatic rings. The highest BCUT2D eigenvalue weighted by molar-refractivity contribution is 5.83. The molecule has 0 aliphatic carbocycles. The maximum Gasteiger partial charge on any atom is 0.423 e. The van der Waals surface area contributed by atoms with Crippen LogP contribution in [0.25, 0.3) is 0 Å². The summed E-state index contributed by atoms with van der Waals surface area (Å²) in [6.45, 7) is 3.60.